The van der Waals surface area contributed by atoms with Crippen molar-refractivity contribution in [1.82, 2.24) is 5.43 Å². The highest BCUT2D eigenvalue weighted by atomic mass is 16.3. The van der Waals surface area contributed by atoms with Crippen LogP contribution in [0.2, 0.25) is 0 Å². The molecule has 70 valence electrons. The van der Waals surface area contributed by atoms with Crippen LogP contribution in [0.3, 0.4) is 0 Å². The molecule has 1 aliphatic carbocycles. The fourth-order valence-corrected chi connectivity index (χ4v) is 1.56. The summed E-state index contributed by atoms with van der Waals surface area (Å²) in [6.07, 6.45) is 7.21. The molecule has 0 aromatic carbocycles. The summed E-state index contributed by atoms with van der Waals surface area (Å²) in [6.45, 7) is 0.262. The van der Waals surface area contributed by atoms with Gasteiger partial charge < -0.3 is 16.3 Å². The van der Waals surface area contributed by atoms with E-state index in [-0.39, 0.29) is 18.5 Å². The lowest BCUT2D eigenvalue weighted by atomic mass is 9.91. The summed E-state index contributed by atoms with van der Waals surface area (Å²) in [5.41, 5.74) is 9.22. The molecular formula is C9H13N3O. The molecule has 2 rings (SSSR count). The molecule has 0 spiro atoms. The Balaban J connectivity index is 2.14. The highest BCUT2D eigenvalue weighted by Crippen LogP contribution is 2.20. The molecule has 4 heteroatoms. The Morgan fingerprint density at radius 3 is 3.31 bits per heavy atom. The summed E-state index contributed by atoms with van der Waals surface area (Å²) in [5.74, 6) is 0.265. The van der Waals surface area contributed by atoms with Gasteiger partial charge in [0.1, 0.15) is 0 Å². The van der Waals surface area contributed by atoms with Crippen molar-refractivity contribution in [2.75, 3.05) is 6.54 Å². The molecule has 0 saturated carbocycles. The predicted molar refractivity (Wildman–Crippen MR) is 51.2 cm³/mol. The van der Waals surface area contributed by atoms with E-state index in [0.29, 0.717) is 0 Å². The first-order valence-corrected chi connectivity index (χ1v) is 4.38. The summed E-state index contributed by atoms with van der Waals surface area (Å²) in [4.78, 5) is 0. The number of hydrogen-bond donors (Lipinski definition) is 3. The van der Waals surface area contributed by atoms with Gasteiger partial charge >= 0.3 is 0 Å². The molecule has 0 aromatic heterocycles. The SMILES string of the molecule is NCC(O)C1=CC2C=NNC2C=C1. The van der Waals surface area contributed by atoms with Crippen LogP contribution in [-0.2, 0) is 0 Å². The summed E-state index contributed by atoms with van der Waals surface area (Å²) in [5, 5.41) is 13.5. The molecule has 0 fully saturated rings. The number of aliphatic hydroxyl groups excluding tert-OH is 1. The van der Waals surface area contributed by atoms with Crippen molar-refractivity contribution in [3.05, 3.63) is 23.8 Å². The van der Waals surface area contributed by atoms with E-state index in [4.69, 9.17) is 5.73 Å². The topological polar surface area (TPSA) is 70.6 Å². The van der Waals surface area contributed by atoms with Crippen LogP contribution in [0.25, 0.3) is 0 Å². The zero-order valence-electron chi connectivity index (χ0n) is 7.22. The van der Waals surface area contributed by atoms with Crippen molar-refractivity contribution in [3.63, 3.8) is 0 Å². The first kappa shape index (κ1) is 8.47. The lowest BCUT2D eigenvalue weighted by Crippen LogP contribution is -2.29. The Kier molecular flexibility index (Phi) is 2.16. The maximum absolute atomic E-state index is 9.49. The van der Waals surface area contributed by atoms with Crippen molar-refractivity contribution in [3.8, 4) is 0 Å². The quantitative estimate of drug-likeness (QED) is 0.529. The van der Waals surface area contributed by atoms with Crippen LogP contribution in [0.1, 0.15) is 0 Å². The largest absolute Gasteiger partial charge is 0.387 e. The molecule has 2 aliphatic rings. The minimum absolute atomic E-state index is 0.258. The van der Waals surface area contributed by atoms with Crippen LogP contribution in [-0.4, -0.2) is 30.0 Å². The van der Waals surface area contributed by atoms with Crippen molar-refractivity contribution in [1.29, 1.82) is 0 Å². The van der Waals surface area contributed by atoms with Crippen LogP contribution >= 0.6 is 0 Å². The third-order valence-corrected chi connectivity index (χ3v) is 2.37. The van der Waals surface area contributed by atoms with Crippen LogP contribution < -0.4 is 11.2 Å². The first-order valence-electron chi connectivity index (χ1n) is 4.38. The summed E-state index contributed by atoms with van der Waals surface area (Å²) >= 11 is 0. The second-order valence-corrected chi connectivity index (χ2v) is 3.29. The van der Waals surface area contributed by atoms with E-state index in [2.05, 4.69) is 10.5 Å². The molecule has 0 aromatic rings. The number of hydrogen-bond acceptors (Lipinski definition) is 4. The van der Waals surface area contributed by atoms with Crippen LogP contribution in [0, 0.1) is 5.92 Å². The van der Waals surface area contributed by atoms with E-state index >= 15 is 0 Å². The fraction of sp³-hybridized carbons (Fsp3) is 0.444. The molecule has 1 aliphatic heterocycles. The zero-order chi connectivity index (χ0) is 9.26. The van der Waals surface area contributed by atoms with Gasteiger partial charge in [-0.3, -0.25) is 0 Å². The number of fused-ring (bicyclic) bond motifs is 1. The van der Waals surface area contributed by atoms with E-state index in [1.807, 2.05) is 24.4 Å². The lowest BCUT2D eigenvalue weighted by molar-refractivity contribution is 0.221. The van der Waals surface area contributed by atoms with Crippen molar-refractivity contribution < 1.29 is 5.11 Å². The average Bonchev–Trinajstić information content (AvgIpc) is 2.63. The predicted octanol–water partition coefficient (Wildman–Crippen LogP) is -0.624. The molecule has 0 bridgehead atoms. The molecule has 3 atom stereocenters. The number of aliphatic hydroxyl groups is 1. The number of nitrogens with two attached hydrogens (primary N) is 1. The van der Waals surface area contributed by atoms with Gasteiger partial charge in [0.2, 0.25) is 0 Å². The zero-order valence-corrected chi connectivity index (χ0v) is 7.22. The number of nitrogens with one attached hydrogen (secondary N) is 1. The smallest absolute Gasteiger partial charge is 0.0909 e. The second-order valence-electron chi connectivity index (χ2n) is 3.29. The minimum atomic E-state index is -0.550. The van der Waals surface area contributed by atoms with Gasteiger partial charge in [-0.15, -0.1) is 0 Å². The molecular weight excluding hydrogens is 166 g/mol. The first-order chi connectivity index (χ1) is 6.31. The van der Waals surface area contributed by atoms with E-state index in [9.17, 15) is 5.11 Å². The maximum atomic E-state index is 9.49. The Hall–Kier alpha value is -1.13. The van der Waals surface area contributed by atoms with Crippen molar-refractivity contribution in [2.45, 2.75) is 12.1 Å². The molecule has 13 heavy (non-hydrogen) atoms. The average molecular weight is 179 g/mol. The Bertz CT molecular complexity index is 283. The van der Waals surface area contributed by atoms with Crippen LogP contribution in [0.15, 0.2) is 28.9 Å². The molecule has 3 unspecified atom stereocenters. The fourth-order valence-electron chi connectivity index (χ4n) is 1.56. The maximum Gasteiger partial charge on any atom is 0.0909 e. The van der Waals surface area contributed by atoms with Gasteiger partial charge in [0.25, 0.3) is 0 Å². The monoisotopic (exact) mass is 179 g/mol. The minimum Gasteiger partial charge on any atom is -0.387 e. The number of nitrogens with zero attached hydrogens (tertiary/aromatic N) is 1. The molecule has 1 heterocycles. The lowest BCUT2D eigenvalue weighted by Gasteiger charge is -2.19. The number of rotatable bonds is 2. The molecule has 4 N–H and O–H groups in total. The van der Waals surface area contributed by atoms with E-state index in [1.54, 1.807) is 0 Å². The van der Waals surface area contributed by atoms with Gasteiger partial charge in [-0.05, 0) is 5.57 Å². The summed E-state index contributed by atoms with van der Waals surface area (Å²) in [7, 11) is 0. The van der Waals surface area contributed by atoms with Gasteiger partial charge in [-0.1, -0.05) is 18.2 Å². The number of hydrazone groups is 1. The van der Waals surface area contributed by atoms with Gasteiger partial charge in [-0.25, -0.2) is 0 Å². The van der Waals surface area contributed by atoms with Crippen molar-refractivity contribution in [2.24, 2.45) is 16.8 Å². The van der Waals surface area contributed by atoms with Gasteiger partial charge in [0.05, 0.1) is 12.1 Å². The Morgan fingerprint density at radius 1 is 1.69 bits per heavy atom. The van der Waals surface area contributed by atoms with Gasteiger partial charge in [-0.2, -0.15) is 5.10 Å². The van der Waals surface area contributed by atoms with Crippen molar-refractivity contribution >= 4 is 6.21 Å². The van der Waals surface area contributed by atoms with E-state index in [0.717, 1.165) is 5.57 Å². The van der Waals surface area contributed by atoms with Gasteiger partial charge in [0.15, 0.2) is 0 Å². The molecule has 0 radical (unpaired) electrons. The van der Waals surface area contributed by atoms with Crippen LogP contribution in [0.4, 0.5) is 0 Å². The molecule has 0 saturated heterocycles. The van der Waals surface area contributed by atoms with Crippen LogP contribution in [0.5, 0.6) is 0 Å². The Morgan fingerprint density at radius 2 is 2.54 bits per heavy atom. The van der Waals surface area contributed by atoms with E-state index < -0.39 is 6.10 Å². The summed E-state index contributed by atoms with van der Waals surface area (Å²) < 4.78 is 0. The highest BCUT2D eigenvalue weighted by Gasteiger charge is 2.24. The normalized spacial score (nSPS) is 32.3. The standard InChI is InChI=1S/C9H13N3O/c10-4-9(13)6-1-2-8-7(3-6)5-11-12-8/h1-3,5,7-9,12-13H,4,10H2. The second kappa shape index (κ2) is 3.32. The van der Waals surface area contributed by atoms with E-state index in [1.165, 1.54) is 0 Å². The molecule has 4 nitrogen and oxygen atoms in total. The summed E-state index contributed by atoms with van der Waals surface area (Å²) in [6, 6.07) is 0.258. The van der Waals surface area contributed by atoms with Gasteiger partial charge in [0, 0.05) is 18.7 Å². The Labute approximate surface area is 76.8 Å². The third kappa shape index (κ3) is 1.50. The third-order valence-electron chi connectivity index (χ3n) is 2.37. The molecule has 0 amide bonds. The highest BCUT2D eigenvalue weighted by molar-refractivity contribution is 5.68.